The van der Waals surface area contributed by atoms with Crippen LogP contribution < -0.4 is 11.1 Å². The van der Waals surface area contributed by atoms with Gasteiger partial charge < -0.3 is 11.1 Å². The number of nitrogens with one attached hydrogen (secondary N) is 1. The smallest absolute Gasteiger partial charge is 0.227 e. The molecule has 0 spiro atoms. The number of aryl methyl sites for hydroxylation is 1. The van der Waals surface area contributed by atoms with Crippen molar-refractivity contribution in [2.75, 3.05) is 17.6 Å². The van der Waals surface area contributed by atoms with Crippen LogP contribution >= 0.6 is 0 Å². The van der Waals surface area contributed by atoms with Crippen molar-refractivity contribution in [2.45, 2.75) is 39.0 Å². The highest BCUT2D eigenvalue weighted by atomic mass is 15.2. The van der Waals surface area contributed by atoms with Gasteiger partial charge >= 0.3 is 0 Å². The highest BCUT2D eigenvalue weighted by Crippen LogP contribution is 2.49. The molecule has 1 aromatic heterocycles. The van der Waals surface area contributed by atoms with Crippen molar-refractivity contribution < 1.29 is 0 Å². The molecule has 0 amide bonds. The number of aromatic nitrogens is 3. The minimum Gasteiger partial charge on any atom is -0.368 e. The van der Waals surface area contributed by atoms with Gasteiger partial charge in [0.05, 0.1) is 0 Å². The first-order valence-corrected chi connectivity index (χ1v) is 7.00. The molecule has 3 N–H and O–H groups in total. The minimum absolute atomic E-state index is 0.318. The van der Waals surface area contributed by atoms with Crippen molar-refractivity contribution in [1.82, 2.24) is 15.0 Å². The van der Waals surface area contributed by atoms with Crippen molar-refractivity contribution in [1.29, 1.82) is 0 Å². The van der Waals surface area contributed by atoms with Gasteiger partial charge in [-0.25, -0.2) is 0 Å². The van der Waals surface area contributed by atoms with Crippen LogP contribution in [0.1, 0.15) is 38.4 Å². The highest BCUT2D eigenvalue weighted by Gasteiger charge is 2.41. The second-order valence-electron chi connectivity index (χ2n) is 5.51. The van der Waals surface area contributed by atoms with Crippen LogP contribution in [-0.2, 0) is 6.42 Å². The Labute approximate surface area is 108 Å². The highest BCUT2D eigenvalue weighted by molar-refractivity contribution is 5.31. The summed E-state index contributed by atoms with van der Waals surface area (Å²) in [6.07, 6.45) is 6.41. The molecule has 0 atom stereocenters. The van der Waals surface area contributed by atoms with Crippen molar-refractivity contribution in [2.24, 2.45) is 17.8 Å². The van der Waals surface area contributed by atoms with E-state index in [0.29, 0.717) is 11.9 Å². The Morgan fingerprint density at radius 3 is 2.39 bits per heavy atom. The summed E-state index contributed by atoms with van der Waals surface area (Å²) < 4.78 is 0. The lowest BCUT2D eigenvalue weighted by Gasteiger charge is -2.16. The maximum Gasteiger partial charge on any atom is 0.227 e. The SMILES string of the molecule is CCc1nc(N)nc(NCC(C2CC2)C2CC2)n1. The standard InChI is InChI=1S/C13H21N5/c1-2-11-16-12(14)18-13(17-11)15-7-10(8-3-4-8)9-5-6-9/h8-10H,2-7H2,1H3,(H3,14,15,16,17,18). The zero-order valence-corrected chi connectivity index (χ0v) is 10.9. The Morgan fingerprint density at radius 1 is 1.17 bits per heavy atom. The molecule has 0 aromatic carbocycles. The van der Waals surface area contributed by atoms with Gasteiger partial charge in [0.25, 0.3) is 0 Å². The third-order valence-corrected chi connectivity index (χ3v) is 3.97. The summed E-state index contributed by atoms with van der Waals surface area (Å²) in [6.45, 7) is 3.01. The number of anilines is 2. The summed E-state index contributed by atoms with van der Waals surface area (Å²) in [6, 6.07) is 0. The zero-order valence-electron chi connectivity index (χ0n) is 10.9. The van der Waals surface area contributed by atoms with Crippen LogP contribution in [0.15, 0.2) is 0 Å². The quantitative estimate of drug-likeness (QED) is 0.802. The van der Waals surface area contributed by atoms with E-state index in [4.69, 9.17) is 5.73 Å². The lowest BCUT2D eigenvalue weighted by atomic mass is 9.98. The van der Waals surface area contributed by atoms with Gasteiger partial charge in [-0.3, -0.25) is 0 Å². The maximum atomic E-state index is 5.68. The number of hydrogen-bond acceptors (Lipinski definition) is 5. The molecule has 0 aliphatic heterocycles. The fourth-order valence-electron chi connectivity index (χ4n) is 2.65. The van der Waals surface area contributed by atoms with Gasteiger partial charge in [-0.15, -0.1) is 0 Å². The second kappa shape index (κ2) is 4.71. The summed E-state index contributed by atoms with van der Waals surface area (Å²) >= 11 is 0. The molecule has 0 radical (unpaired) electrons. The Bertz CT molecular complexity index is 413. The Hall–Kier alpha value is -1.39. The first kappa shape index (κ1) is 11.7. The fraction of sp³-hybridized carbons (Fsp3) is 0.769. The molecule has 2 aliphatic rings. The third-order valence-electron chi connectivity index (χ3n) is 3.97. The van der Waals surface area contributed by atoms with E-state index in [2.05, 4.69) is 20.3 Å². The Balaban J connectivity index is 1.62. The molecule has 5 nitrogen and oxygen atoms in total. The van der Waals surface area contributed by atoms with Crippen molar-refractivity contribution in [3.63, 3.8) is 0 Å². The van der Waals surface area contributed by atoms with Gasteiger partial charge in [0.2, 0.25) is 11.9 Å². The first-order chi connectivity index (χ1) is 8.76. The van der Waals surface area contributed by atoms with E-state index in [9.17, 15) is 0 Å². The van der Waals surface area contributed by atoms with Gasteiger partial charge in [0, 0.05) is 13.0 Å². The molecule has 98 valence electrons. The molecule has 0 unspecified atom stereocenters. The maximum absolute atomic E-state index is 5.68. The van der Waals surface area contributed by atoms with E-state index in [1.165, 1.54) is 25.7 Å². The van der Waals surface area contributed by atoms with Crippen LogP contribution in [0.3, 0.4) is 0 Å². The largest absolute Gasteiger partial charge is 0.368 e. The number of rotatable bonds is 6. The fourth-order valence-corrected chi connectivity index (χ4v) is 2.65. The minimum atomic E-state index is 0.318. The van der Waals surface area contributed by atoms with Crippen LogP contribution in [-0.4, -0.2) is 21.5 Å². The Kier molecular flexibility index (Phi) is 3.06. The summed E-state index contributed by atoms with van der Waals surface area (Å²) in [5, 5.41) is 3.36. The van der Waals surface area contributed by atoms with Crippen LogP contribution in [0.2, 0.25) is 0 Å². The average molecular weight is 247 g/mol. The molecule has 2 aliphatic carbocycles. The third kappa shape index (κ3) is 2.71. The predicted octanol–water partition coefficient (Wildman–Crippen LogP) is 1.86. The van der Waals surface area contributed by atoms with Gasteiger partial charge in [-0.2, -0.15) is 15.0 Å². The van der Waals surface area contributed by atoms with Crippen molar-refractivity contribution in [3.8, 4) is 0 Å². The molecule has 5 heteroatoms. The van der Waals surface area contributed by atoms with E-state index < -0.39 is 0 Å². The van der Waals surface area contributed by atoms with Gasteiger partial charge in [-0.05, 0) is 43.4 Å². The van der Waals surface area contributed by atoms with Crippen LogP contribution in [0.5, 0.6) is 0 Å². The number of nitrogens with two attached hydrogens (primary N) is 1. The summed E-state index contributed by atoms with van der Waals surface area (Å²) in [5.41, 5.74) is 5.68. The molecular weight excluding hydrogens is 226 g/mol. The molecule has 18 heavy (non-hydrogen) atoms. The Morgan fingerprint density at radius 2 is 1.83 bits per heavy atom. The topological polar surface area (TPSA) is 76.7 Å². The van der Waals surface area contributed by atoms with E-state index in [-0.39, 0.29) is 0 Å². The average Bonchev–Trinajstić information content (AvgIpc) is 3.22. The molecule has 0 saturated heterocycles. The zero-order chi connectivity index (χ0) is 12.5. The van der Waals surface area contributed by atoms with Crippen molar-refractivity contribution >= 4 is 11.9 Å². The molecule has 3 rings (SSSR count). The lowest BCUT2D eigenvalue weighted by Crippen LogP contribution is -2.20. The van der Waals surface area contributed by atoms with E-state index in [1.54, 1.807) is 0 Å². The van der Waals surface area contributed by atoms with E-state index in [1.807, 2.05) is 6.92 Å². The van der Waals surface area contributed by atoms with Crippen LogP contribution in [0.25, 0.3) is 0 Å². The van der Waals surface area contributed by atoms with Crippen LogP contribution in [0.4, 0.5) is 11.9 Å². The van der Waals surface area contributed by atoms with Gasteiger partial charge in [-0.1, -0.05) is 6.92 Å². The molecule has 2 saturated carbocycles. The molecule has 1 aromatic rings. The first-order valence-electron chi connectivity index (χ1n) is 7.00. The number of hydrogen-bond donors (Lipinski definition) is 2. The summed E-state index contributed by atoms with van der Waals surface area (Å²) in [4.78, 5) is 12.6. The van der Waals surface area contributed by atoms with Crippen molar-refractivity contribution in [3.05, 3.63) is 5.82 Å². The predicted molar refractivity (Wildman–Crippen MR) is 71.0 cm³/mol. The summed E-state index contributed by atoms with van der Waals surface area (Å²) in [5.74, 6) is 4.42. The van der Waals surface area contributed by atoms with Gasteiger partial charge in [0.15, 0.2) is 0 Å². The number of nitrogens with zero attached hydrogens (tertiary/aromatic N) is 3. The summed E-state index contributed by atoms with van der Waals surface area (Å²) in [7, 11) is 0. The molecule has 0 bridgehead atoms. The normalized spacial score (nSPS) is 19.2. The molecular formula is C13H21N5. The molecule has 1 heterocycles. The molecule has 2 fully saturated rings. The van der Waals surface area contributed by atoms with Gasteiger partial charge in [0.1, 0.15) is 5.82 Å². The lowest BCUT2D eigenvalue weighted by molar-refractivity contribution is 0.427. The van der Waals surface area contributed by atoms with E-state index >= 15 is 0 Å². The second-order valence-corrected chi connectivity index (χ2v) is 5.51. The number of nitrogen functional groups attached to an aromatic ring is 1. The monoisotopic (exact) mass is 247 g/mol. The van der Waals surface area contributed by atoms with E-state index in [0.717, 1.165) is 36.5 Å². The van der Waals surface area contributed by atoms with Crippen LogP contribution in [0, 0.1) is 17.8 Å².